The normalized spacial score (nSPS) is 26.4. The Balaban J connectivity index is 1.80. The van der Waals surface area contributed by atoms with Gasteiger partial charge in [0, 0.05) is 13.5 Å². The summed E-state index contributed by atoms with van der Waals surface area (Å²) in [5, 5.41) is 0. The van der Waals surface area contributed by atoms with E-state index in [2.05, 4.69) is 0 Å². The van der Waals surface area contributed by atoms with E-state index in [1.165, 1.54) is 23.6 Å². The van der Waals surface area contributed by atoms with Crippen LogP contribution >= 0.6 is 11.8 Å². The van der Waals surface area contributed by atoms with Crippen molar-refractivity contribution < 1.29 is 33.3 Å². The molecule has 0 radical (unpaired) electrons. The van der Waals surface area contributed by atoms with Gasteiger partial charge in [-0.2, -0.15) is 0 Å². The van der Waals surface area contributed by atoms with Gasteiger partial charge in [0.05, 0.1) is 5.75 Å². The highest BCUT2D eigenvalue weighted by molar-refractivity contribution is 8.00. The molecule has 9 heteroatoms. The van der Waals surface area contributed by atoms with Crippen molar-refractivity contribution in [2.75, 3.05) is 18.9 Å². The van der Waals surface area contributed by atoms with Crippen LogP contribution in [-0.2, 0) is 28.5 Å². The first-order valence-corrected chi connectivity index (χ1v) is 9.31. The van der Waals surface area contributed by atoms with Gasteiger partial charge in [-0.1, -0.05) is 0 Å². The SMILES string of the molecule is CC(=O)OC1CSC(COC(=O)C2CCCN2C(=O)OC(C)(C)C)O1. The van der Waals surface area contributed by atoms with Crippen molar-refractivity contribution in [2.45, 2.75) is 63.9 Å². The number of carbonyl (C=O) groups is 3. The third-order valence-corrected chi connectivity index (χ3v) is 4.62. The Bertz CT molecular complexity index is 519. The van der Waals surface area contributed by atoms with E-state index in [9.17, 15) is 14.4 Å². The summed E-state index contributed by atoms with van der Waals surface area (Å²) in [7, 11) is 0. The molecule has 0 saturated carbocycles. The standard InChI is InChI=1S/C16H25NO7S/c1-10(18)22-12-9-25-13(23-12)8-21-14(19)11-6-5-7-17(11)15(20)24-16(2,3)4/h11-13H,5-9H2,1-4H3. The quantitative estimate of drug-likeness (QED) is 0.544. The van der Waals surface area contributed by atoms with E-state index < -0.39 is 36.0 Å². The number of esters is 2. The molecule has 0 aromatic rings. The Kier molecular flexibility index (Phi) is 6.56. The molecule has 142 valence electrons. The fourth-order valence-electron chi connectivity index (χ4n) is 2.57. The van der Waals surface area contributed by atoms with Crippen molar-refractivity contribution in [3.63, 3.8) is 0 Å². The number of ether oxygens (including phenoxy) is 4. The lowest BCUT2D eigenvalue weighted by molar-refractivity contribution is -0.175. The van der Waals surface area contributed by atoms with Crippen molar-refractivity contribution in [3.05, 3.63) is 0 Å². The summed E-state index contributed by atoms with van der Waals surface area (Å²) >= 11 is 1.41. The van der Waals surface area contributed by atoms with Gasteiger partial charge in [-0.05, 0) is 33.6 Å². The third-order valence-electron chi connectivity index (χ3n) is 3.53. The Morgan fingerprint density at radius 3 is 2.64 bits per heavy atom. The Labute approximate surface area is 151 Å². The fraction of sp³-hybridized carbons (Fsp3) is 0.812. The molecule has 2 aliphatic heterocycles. The number of hydrogen-bond acceptors (Lipinski definition) is 8. The zero-order valence-electron chi connectivity index (χ0n) is 15.0. The second-order valence-electron chi connectivity index (χ2n) is 6.90. The summed E-state index contributed by atoms with van der Waals surface area (Å²) in [5.74, 6) is -0.388. The Morgan fingerprint density at radius 1 is 1.28 bits per heavy atom. The van der Waals surface area contributed by atoms with Crippen LogP contribution in [0.3, 0.4) is 0 Å². The maximum atomic E-state index is 12.3. The molecular formula is C16H25NO7S. The van der Waals surface area contributed by atoms with Gasteiger partial charge in [-0.15, -0.1) is 11.8 Å². The van der Waals surface area contributed by atoms with Crippen molar-refractivity contribution >= 4 is 29.8 Å². The minimum Gasteiger partial charge on any atom is -0.460 e. The monoisotopic (exact) mass is 375 g/mol. The molecule has 0 aliphatic carbocycles. The maximum Gasteiger partial charge on any atom is 0.411 e. The number of thioether (sulfide) groups is 1. The topological polar surface area (TPSA) is 91.4 Å². The number of rotatable bonds is 4. The van der Waals surface area contributed by atoms with E-state index in [1.807, 2.05) is 0 Å². The molecular weight excluding hydrogens is 350 g/mol. The average Bonchev–Trinajstić information content (AvgIpc) is 3.11. The zero-order chi connectivity index (χ0) is 18.6. The molecule has 2 saturated heterocycles. The molecule has 0 bridgehead atoms. The van der Waals surface area contributed by atoms with Gasteiger partial charge in [-0.3, -0.25) is 9.69 Å². The van der Waals surface area contributed by atoms with Gasteiger partial charge >= 0.3 is 18.0 Å². The molecule has 2 fully saturated rings. The highest BCUT2D eigenvalue weighted by atomic mass is 32.2. The summed E-state index contributed by atoms with van der Waals surface area (Å²) in [6, 6.07) is -0.634. The van der Waals surface area contributed by atoms with Crippen molar-refractivity contribution in [1.82, 2.24) is 4.90 Å². The van der Waals surface area contributed by atoms with E-state index in [-0.39, 0.29) is 12.0 Å². The highest BCUT2D eigenvalue weighted by Gasteiger charge is 2.38. The van der Waals surface area contributed by atoms with Crippen LogP contribution in [0, 0.1) is 0 Å². The van der Waals surface area contributed by atoms with Gasteiger partial charge in [0.15, 0.2) is 0 Å². The summed E-state index contributed by atoms with van der Waals surface area (Å²) in [6.07, 6.45) is 0.152. The molecule has 0 spiro atoms. The number of carbonyl (C=O) groups excluding carboxylic acids is 3. The van der Waals surface area contributed by atoms with Gasteiger partial charge in [0.2, 0.25) is 6.29 Å². The predicted molar refractivity (Wildman–Crippen MR) is 89.8 cm³/mol. The van der Waals surface area contributed by atoms with Crippen molar-refractivity contribution in [1.29, 1.82) is 0 Å². The van der Waals surface area contributed by atoms with Crippen LogP contribution in [0.1, 0.15) is 40.5 Å². The average molecular weight is 375 g/mol. The molecule has 0 aromatic heterocycles. The molecule has 3 atom stereocenters. The van der Waals surface area contributed by atoms with Crippen LogP contribution in [0.2, 0.25) is 0 Å². The second-order valence-corrected chi connectivity index (χ2v) is 8.09. The van der Waals surface area contributed by atoms with E-state index in [0.29, 0.717) is 18.7 Å². The second kappa shape index (κ2) is 8.27. The zero-order valence-corrected chi connectivity index (χ0v) is 15.8. The first-order valence-electron chi connectivity index (χ1n) is 8.26. The van der Waals surface area contributed by atoms with Crippen LogP contribution in [0.4, 0.5) is 4.79 Å². The highest BCUT2D eigenvalue weighted by Crippen LogP contribution is 2.27. The van der Waals surface area contributed by atoms with Crippen molar-refractivity contribution in [2.24, 2.45) is 0 Å². The first-order chi connectivity index (χ1) is 11.7. The lowest BCUT2D eigenvalue weighted by Gasteiger charge is -2.27. The summed E-state index contributed by atoms with van der Waals surface area (Å²) < 4.78 is 21.0. The predicted octanol–water partition coefficient (Wildman–Crippen LogP) is 1.91. The molecule has 25 heavy (non-hydrogen) atoms. The van der Waals surface area contributed by atoms with Gasteiger partial charge in [-0.25, -0.2) is 9.59 Å². The Morgan fingerprint density at radius 2 is 2.00 bits per heavy atom. The number of likely N-dealkylation sites (tertiary alicyclic amines) is 1. The Hall–Kier alpha value is -1.48. The molecule has 2 rings (SSSR count). The van der Waals surface area contributed by atoms with Gasteiger partial charge < -0.3 is 18.9 Å². The molecule has 0 aromatic carbocycles. The first kappa shape index (κ1) is 19.8. The van der Waals surface area contributed by atoms with E-state index in [4.69, 9.17) is 18.9 Å². The lowest BCUT2D eigenvalue weighted by atomic mass is 10.2. The van der Waals surface area contributed by atoms with Gasteiger partial charge in [0.25, 0.3) is 0 Å². The smallest absolute Gasteiger partial charge is 0.411 e. The minimum atomic E-state index is -0.634. The molecule has 3 unspecified atom stereocenters. The number of amides is 1. The molecule has 2 heterocycles. The summed E-state index contributed by atoms with van der Waals surface area (Å²) in [4.78, 5) is 36.8. The molecule has 2 aliphatic rings. The van der Waals surface area contributed by atoms with E-state index >= 15 is 0 Å². The molecule has 1 amide bonds. The largest absolute Gasteiger partial charge is 0.460 e. The molecule has 0 N–H and O–H groups in total. The summed E-state index contributed by atoms with van der Waals surface area (Å²) in [6.45, 7) is 7.16. The fourth-order valence-corrected chi connectivity index (χ4v) is 3.45. The van der Waals surface area contributed by atoms with Crippen molar-refractivity contribution in [3.8, 4) is 0 Å². The van der Waals surface area contributed by atoms with E-state index in [0.717, 1.165) is 6.42 Å². The van der Waals surface area contributed by atoms with Crippen LogP contribution < -0.4 is 0 Å². The van der Waals surface area contributed by atoms with Crippen LogP contribution in [-0.4, -0.2) is 65.2 Å². The van der Waals surface area contributed by atoms with Crippen LogP contribution in [0.5, 0.6) is 0 Å². The number of hydrogen-bond donors (Lipinski definition) is 0. The minimum absolute atomic E-state index is 0.0416. The van der Waals surface area contributed by atoms with Crippen LogP contribution in [0.15, 0.2) is 0 Å². The van der Waals surface area contributed by atoms with E-state index in [1.54, 1.807) is 20.8 Å². The maximum absolute atomic E-state index is 12.3. The molecule has 8 nitrogen and oxygen atoms in total. The number of nitrogens with zero attached hydrogens (tertiary/aromatic N) is 1. The van der Waals surface area contributed by atoms with Crippen LogP contribution in [0.25, 0.3) is 0 Å². The summed E-state index contributed by atoms with van der Waals surface area (Å²) in [5.41, 5.74) is -1.00. The van der Waals surface area contributed by atoms with Gasteiger partial charge in [0.1, 0.15) is 23.7 Å². The lowest BCUT2D eigenvalue weighted by Crippen LogP contribution is -2.44. The third kappa shape index (κ3) is 6.07.